The van der Waals surface area contributed by atoms with Gasteiger partial charge in [0, 0.05) is 25.7 Å². The Morgan fingerprint density at radius 1 is 1.45 bits per heavy atom. The SMILES string of the molecule is COc1cnn(C)c1C(NN)C(C)(C)N1CCOCC1. The van der Waals surface area contributed by atoms with E-state index >= 15 is 0 Å². The Morgan fingerprint density at radius 2 is 2.10 bits per heavy atom. The average molecular weight is 283 g/mol. The first-order valence-electron chi connectivity index (χ1n) is 6.87. The second-order valence-corrected chi connectivity index (χ2v) is 5.57. The number of aryl methyl sites for hydroxylation is 1. The third-order valence-electron chi connectivity index (χ3n) is 4.14. The van der Waals surface area contributed by atoms with Gasteiger partial charge in [0.05, 0.1) is 32.6 Å². The summed E-state index contributed by atoms with van der Waals surface area (Å²) in [6, 6.07) is -0.0944. The van der Waals surface area contributed by atoms with Crippen molar-refractivity contribution in [1.29, 1.82) is 0 Å². The summed E-state index contributed by atoms with van der Waals surface area (Å²) in [5.74, 6) is 6.59. The predicted molar refractivity (Wildman–Crippen MR) is 76.3 cm³/mol. The van der Waals surface area contributed by atoms with E-state index < -0.39 is 0 Å². The van der Waals surface area contributed by atoms with Crippen molar-refractivity contribution in [2.45, 2.75) is 25.4 Å². The van der Waals surface area contributed by atoms with Crippen molar-refractivity contribution < 1.29 is 9.47 Å². The highest BCUT2D eigenvalue weighted by Gasteiger charge is 2.39. The molecule has 3 N–H and O–H groups in total. The number of methoxy groups -OCH3 is 1. The van der Waals surface area contributed by atoms with Crippen LogP contribution in [0.4, 0.5) is 0 Å². The van der Waals surface area contributed by atoms with Crippen molar-refractivity contribution >= 4 is 0 Å². The Hall–Kier alpha value is -1.15. The van der Waals surface area contributed by atoms with E-state index in [2.05, 4.69) is 29.3 Å². The largest absolute Gasteiger partial charge is 0.493 e. The van der Waals surface area contributed by atoms with Crippen LogP contribution in [0, 0.1) is 0 Å². The molecule has 0 aliphatic carbocycles. The van der Waals surface area contributed by atoms with E-state index in [1.807, 2.05) is 11.7 Å². The fourth-order valence-corrected chi connectivity index (χ4v) is 2.85. The Bertz CT molecular complexity index is 440. The maximum absolute atomic E-state index is 5.84. The van der Waals surface area contributed by atoms with E-state index in [1.165, 1.54) is 0 Å². The third-order valence-corrected chi connectivity index (χ3v) is 4.14. The number of hydrazine groups is 1. The number of aromatic nitrogens is 2. The van der Waals surface area contributed by atoms with Crippen LogP contribution >= 0.6 is 0 Å². The van der Waals surface area contributed by atoms with Gasteiger partial charge in [-0.25, -0.2) is 5.43 Å². The zero-order chi connectivity index (χ0) is 14.8. The second-order valence-electron chi connectivity index (χ2n) is 5.57. The molecule has 0 bridgehead atoms. The van der Waals surface area contributed by atoms with E-state index in [0.29, 0.717) is 0 Å². The Labute approximate surface area is 120 Å². The summed E-state index contributed by atoms with van der Waals surface area (Å²) in [4.78, 5) is 2.38. The van der Waals surface area contributed by atoms with Crippen LogP contribution in [0.1, 0.15) is 25.6 Å². The Kier molecular flexibility index (Phi) is 4.64. The number of nitrogens with two attached hydrogens (primary N) is 1. The molecule has 1 aromatic heterocycles. The van der Waals surface area contributed by atoms with Crippen molar-refractivity contribution in [2.75, 3.05) is 33.4 Å². The van der Waals surface area contributed by atoms with Gasteiger partial charge in [0.25, 0.3) is 0 Å². The van der Waals surface area contributed by atoms with Crippen LogP contribution < -0.4 is 16.0 Å². The minimum atomic E-state index is -0.181. The predicted octanol–water partition coefficient (Wildman–Crippen LogP) is 0.0439. The third kappa shape index (κ3) is 2.67. The molecular formula is C13H25N5O2. The molecule has 0 aromatic carbocycles. The highest BCUT2D eigenvalue weighted by atomic mass is 16.5. The van der Waals surface area contributed by atoms with Crippen LogP contribution in [0.3, 0.4) is 0 Å². The molecule has 1 fully saturated rings. The van der Waals surface area contributed by atoms with E-state index in [9.17, 15) is 0 Å². The molecule has 1 aliphatic heterocycles. The van der Waals surface area contributed by atoms with Crippen molar-refractivity contribution in [3.05, 3.63) is 11.9 Å². The molecular weight excluding hydrogens is 258 g/mol. The van der Waals surface area contributed by atoms with Crippen LogP contribution in [-0.2, 0) is 11.8 Å². The number of morpholine rings is 1. The van der Waals surface area contributed by atoms with Gasteiger partial charge >= 0.3 is 0 Å². The maximum atomic E-state index is 5.84. The molecule has 1 atom stereocenters. The molecule has 1 aromatic rings. The molecule has 1 saturated heterocycles. The zero-order valence-corrected chi connectivity index (χ0v) is 12.7. The number of hydrogen-bond donors (Lipinski definition) is 2. The smallest absolute Gasteiger partial charge is 0.161 e. The number of ether oxygens (including phenoxy) is 2. The van der Waals surface area contributed by atoms with Gasteiger partial charge in [-0.1, -0.05) is 0 Å². The lowest BCUT2D eigenvalue weighted by Gasteiger charge is -2.45. The molecule has 0 amide bonds. The molecule has 2 rings (SSSR count). The first-order valence-corrected chi connectivity index (χ1v) is 6.87. The van der Waals surface area contributed by atoms with Gasteiger partial charge in [0.1, 0.15) is 5.69 Å². The van der Waals surface area contributed by atoms with Gasteiger partial charge in [-0.15, -0.1) is 0 Å². The van der Waals surface area contributed by atoms with E-state index in [1.54, 1.807) is 13.3 Å². The molecule has 7 heteroatoms. The van der Waals surface area contributed by atoms with Gasteiger partial charge in [-0.3, -0.25) is 15.4 Å². The van der Waals surface area contributed by atoms with Crippen molar-refractivity contribution in [3.63, 3.8) is 0 Å². The molecule has 20 heavy (non-hydrogen) atoms. The standard InChI is InChI=1S/C13H25N5O2/c1-13(2,18-5-7-20-8-6-18)12(16-14)11-10(19-4)9-15-17(11)3/h9,12,16H,5-8,14H2,1-4H3. The normalized spacial score (nSPS) is 19.1. The van der Waals surface area contributed by atoms with Crippen LogP contribution in [-0.4, -0.2) is 53.6 Å². The summed E-state index contributed by atoms with van der Waals surface area (Å²) >= 11 is 0. The van der Waals surface area contributed by atoms with E-state index in [-0.39, 0.29) is 11.6 Å². The zero-order valence-electron chi connectivity index (χ0n) is 12.7. The number of rotatable bonds is 5. The van der Waals surface area contributed by atoms with E-state index in [4.69, 9.17) is 15.3 Å². The number of nitrogens with one attached hydrogen (secondary N) is 1. The van der Waals surface area contributed by atoms with Crippen LogP contribution in [0.2, 0.25) is 0 Å². The lowest BCUT2D eigenvalue weighted by Crippen LogP contribution is -2.57. The van der Waals surface area contributed by atoms with Gasteiger partial charge < -0.3 is 9.47 Å². The molecule has 0 spiro atoms. The number of nitrogens with zero attached hydrogens (tertiary/aromatic N) is 3. The van der Waals surface area contributed by atoms with Crippen molar-refractivity contribution in [3.8, 4) is 5.75 Å². The summed E-state index contributed by atoms with van der Waals surface area (Å²) < 4.78 is 12.7. The molecule has 1 unspecified atom stereocenters. The second kappa shape index (κ2) is 6.09. The first kappa shape index (κ1) is 15.2. The van der Waals surface area contributed by atoms with E-state index in [0.717, 1.165) is 37.7 Å². The summed E-state index contributed by atoms with van der Waals surface area (Å²) in [6.45, 7) is 7.65. The Balaban J connectivity index is 2.32. The fraction of sp³-hybridized carbons (Fsp3) is 0.769. The minimum Gasteiger partial charge on any atom is -0.493 e. The minimum absolute atomic E-state index is 0.0944. The topological polar surface area (TPSA) is 77.6 Å². The highest BCUT2D eigenvalue weighted by Crippen LogP contribution is 2.35. The summed E-state index contributed by atoms with van der Waals surface area (Å²) in [7, 11) is 3.55. The summed E-state index contributed by atoms with van der Waals surface area (Å²) in [5, 5.41) is 4.27. The molecule has 0 saturated carbocycles. The van der Waals surface area contributed by atoms with Crippen LogP contribution in [0.25, 0.3) is 0 Å². The average Bonchev–Trinajstić information content (AvgIpc) is 2.82. The van der Waals surface area contributed by atoms with Gasteiger partial charge in [-0.05, 0) is 13.8 Å². The van der Waals surface area contributed by atoms with Crippen LogP contribution in [0.5, 0.6) is 5.75 Å². The lowest BCUT2D eigenvalue weighted by molar-refractivity contribution is -0.0250. The monoisotopic (exact) mass is 283 g/mol. The molecule has 0 radical (unpaired) electrons. The first-order chi connectivity index (χ1) is 9.52. The fourth-order valence-electron chi connectivity index (χ4n) is 2.85. The molecule has 114 valence electrons. The maximum Gasteiger partial charge on any atom is 0.161 e. The van der Waals surface area contributed by atoms with Gasteiger partial charge in [-0.2, -0.15) is 5.10 Å². The van der Waals surface area contributed by atoms with Crippen molar-refractivity contribution in [2.24, 2.45) is 12.9 Å². The molecule has 1 aliphatic rings. The summed E-state index contributed by atoms with van der Waals surface area (Å²) in [6.07, 6.45) is 1.72. The lowest BCUT2D eigenvalue weighted by atomic mass is 9.89. The molecule has 2 heterocycles. The molecule has 7 nitrogen and oxygen atoms in total. The highest BCUT2D eigenvalue weighted by molar-refractivity contribution is 5.30. The summed E-state index contributed by atoms with van der Waals surface area (Å²) in [5.41, 5.74) is 3.70. The van der Waals surface area contributed by atoms with Crippen LogP contribution in [0.15, 0.2) is 6.20 Å². The number of hydrogen-bond acceptors (Lipinski definition) is 6. The quantitative estimate of drug-likeness (QED) is 0.587. The van der Waals surface area contributed by atoms with Gasteiger partial charge in [0.15, 0.2) is 5.75 Å². The van der Waals surface area contributed by atoms with Crippen molar-refractivity contribution in [1.82, 2.24) is 20.1 Å². The Morgan fingerprint density at radius 3 is 2.65 bits per heavy atom. The van der Waals surface area contributed by atoms with Gasteiger partial charge in [0.2, 0.25) is 0 Å².